The molecule has 5 heteroatoms. The SMILES string of the molecule is CCOC(=O)N1CCC(Nc2ccc(C)cc2CN(C)C)CC1. The fraction of sp³-hybridized carbons (Fsp3) is 0.611. The molecule has 1 heterocycles. The van der Waals surface area contributed by atoms with Crippen LogP contribution >= 0.6 is 0 Å². The van der Waals surface area contributed by atoms with Gasteiger partial charge in [-0.3, -0.25) is 0 Å². The Morgan fingerprint density at radius 1 is 1.35 bits per heavy atom. The number of carbonyl (C=O) groups is 1. The summed E-state index contributed by atoms with van der Waals surface area (Å²) in [5, 5.41) is 3.67. The molecule has 0 radical (unpaired) electrons. The van der Waals surface area contributed by atoms with Gasteiger partial charge in [0.15, 0.2) is 0 Å². The van der Waals surface area contributed by atoms with Gasteiger partial charge in [-0.05, 0) is 52.4 Å². The number of piperidine rings is 1. The molecule has 1 saturated heterocycles. The highest BCUT2D eigenvalue weighted by molar-refractivity contribution is 5.67. The summed E-state index contributed by atoms with van der Waals surface area (Å²) in [6, 6.07) is 6.97. The average molecular weight is 319 g/mol. The van der Waals surface area contributed by atoms with Crippen molar-refractivity contribution < 1.29 is 9.53 Å². The van der Waals surface area contributed by atoms with Crippen molar-refractivity contribution in [3.63, 3.8) is 0 Å². The van der Waals surface area contributed by atoms with Crippen LogP contribution in [-0.2, 0) is 11.3 Å². The zero-order valence-corrected chi connectivity index (χ0v) is 14.8. The van der Waals surface area contributed by atoms with Crippen molar-refractivity contribution in [1.82, 2.24) is 9.80 Å². The molecular formula is C18H29N3O2. The van der Waals surface area contributed by atoms with Gasteiger partial charge < -0.3 is 19.9 Å². The van der Waals surface area contributed by atoms with Crippen molar-refractivity contribution in [2.24, 2.45) is 0 Å². The summed E-state index contributed by atoms with van der Waals surface area (Å²) in [6.07, 6.45) is 1.72. The smallest absolute Gasteiger partial charge is 0.409 e. The van der Waals surface area contributed by atoms with Gasteiger partial charge in [0, 0.05) is 31.4 Å². The van der Waals surface area contributed by atoms with Gasteiger partial charge in [0.2, 0.25) is 0 Å². The van der Waals surface area contributed by atoms with Crippen LogP contribution < -0.4 is 5.32 Å². The predicted octanol–water partition coefficient (Wildman–Crippen LogP) is 3.09. The molecule has 1 amide bonds. The van der Waals surface area contributed by atoms with Crippen molar-refractivity contribution in [3.05, 3.63) is 29.3 Å². The minimum atomic E-state index is -0.186. The molecule has 0 bridgehead atoms. The zero-order chi connectivity index (χ0) is 16.8. The summed E-state index contributed by atoms with van der Waals surface area (Å²) < 4.78 is 5.07. The van der Waals surface area contributed by atoms with Crippen LogP contribution in [0.25, 0.3) is 0 Å². The number of hydrogen-bond acceptors (Lipinski definition) is 4. The molecule has 0 spiro atoms. The number of nitrogens with one attached hydrogen (secondary N) is 1. The maximum absolute atomic E-state index is 11.8. The third-order valence-corrected chi connectivity index (χ3v) is 4.13. The fourth-order valence-electron chi connectivity index (χ4n) is 2.98. The summed E-state index contributed by atoms with van der Waals surface area (Å²) >= 11 is 0. The Morgan fingerprint density at radius 2 is 2.04 bits per heavy atom. The molecular weight excluding hydrogens is 290 g/mol. The number of hydrogen-bond donors (Lipinski definition) is 1. The van der Waals surface area contributed by atoms with Crippen LogP contribution in [0.2, 0.25) is 0 Å². The molecule has 0 aliphatic carbocycles. The zero-order valence-electron chi connectivity index (χ0n) is 14.8. The second-order valence-corrected chi connectivity index (χ2v) is 6.50. The first-order valence-electron chi connectivity index (χ1n) is 8.42. The Balaban J connectivity index is 1.95. The molecule has 128 valence electrons. The molecule has 1 aliphatic rings. The van der Waals surface area contributed by atoms with E-state index in [0.29, 0.717) is 12.6 Å². The molecule has 0 unspecified atom stereocenters. The molecule has 0 saturated carbocycles. The van der Waals surface area contributed by atoms with E-state index in [-0.39, 0.29) is 6.09 Å². The first kappa shape index (κ1) is 17.6. The molecule has 1 aromatic rings. The van der Waals surface area contributed by atoms with Crippen LogP contribution in [0.15, 0.2) is 18.2 Å². The fourth-order valence-corrected chi connectivity index (χ4v) is 2.98. The molecule has 5 nitrogen and oxygen atoms in total. The molecule has 1 aliphatic heterocycles. The van der Waals surface area contributed by atoms with Crippen LogP contribution in [0.5, 0.6) is 0 Å². The lowest BCUT2D eigenvalue weighted by molar-refractivity contribution is 0.0983. The lowest BCUT2D eigenvalue weighted by atomic mass is 10.0. The number of anilines is 1. The predicted molar refractivity (Wildman–Crippen MR) is 93.8 cm³/mol. The number of likely N-dealkylation sites (tertiary alicyclic amines) is 1. The second-order valence-electron chi connectivity index (χ2n) is 6.50. The van der Waals surface area contributed by atoms with Gasteiger partial charge in [0.25, 0.3) is 0 Å². The standard InChI is InChI=1S/C18H29N3O2/c1-5-23-18(22)21-10-8-16(9-11-21)19-17-7-6-14(2)12-15(17)13-20(3)4/h6-7,12,16,19H,5,8-11,13H2,1-4H3. The third-order valence-electron chi connectivity index (χ3n) is 4.13. The van der Waals surface area contributed by atoms with E-state index in [2.05, 4.69) is 49.4 Å². The molecule has 0 atom stereocenters. The molecule has 1 N–H and O–H groups in total. The van der Waals surface area contributed by atoms with Crippen molar-refractivity contribution in [3.8, 4) is 0 Å². The summed E-state index contributed by atoms with van der Waals surface area (Å²) in [7, 11) is 4.17. The minimum Gasteiger partial charge on any atom is -0.450 e. The van der Waals surface area contributed by atoms with E-state index >= 15 is 0 Å². The van der Waals surface area contributed by atoms with Gasteiger partial charge >= 0.3 is 6.09 Å². The molecule has 1 fully saturated rings. The highest BCUT2D eigenvalue weighted by Gasteiger charge is 2.23. The highest BCUT2D eigenvalue weighted by atomic mass is 16.6. The van der Waals surface area contributed by atoms with Crippen LogP contribution in [0, 0.1) is 6.92 Å². The maximum Gasteiger partial charge on any atom is 0.409 e. The topological polar surface area (TPSA) is 44.8 Å². The summed E-state index contributed by atoms with van der Waals surface area (Å²) in [6.45, 7) is 6.84. The van der Waals surface area contributed by atoms with Crippen molar-refractivity contribution in [1.29, 1.82) is 0 Å². The molecule has 0 aromatic heterocycles. The van der Waals surface area contributed by atoms with E-state index in [1.54, 1.807) is 4.90 Å². The van der Waals surface area contributed by atoms with E-state index in [4.69, 9.17) is 4.74 Å². The maximum atomic E-state index is 11.8. The summed E-state index contributed by atoms with van der Waals surface area (Å²) in [5.41, 5.74) is 3.81. The first-order chi connectivity index (χ1) is 11.0. The lowest BCUT2D eigenvalue weighted by Crippen LogP contribution is -2.42. The average Bonchev–Trinajstić information content (AvgIpc) is 2.50. The second kappa shape index (κ2) is 8.20. The summed E-state index contributed by atoms with van der Waals surface area (Å²) in [5.74, 6) is 0. The van der Waals surface area contributed by atoms with Gasteiger partial charge in [-0.1, -0.05) is 17.7 Å². The van der Waals surface area contributed by atoms with Gasteiger partial charge in [-0.25, -0.2) is 4.79 Å². The van der Waals surface area contributed by atoms with Gasteiger partial charge in [0.1, 0.15) is 0 Å². The van der Waals surface area contributed by atoms with Crippen LogP contribution in [0.1, 0.15) is 30.9 Å². The Bertz CT molecular complexity index is 523. The van der Waals surface area contributed by atoms with Crippen LogP contribution in [-0.4, -0.2) is 55.7 Å². The molecule has 23 heavy (non-hydrogen) atoms. The number of nitrogens with zero attached hydrogens (tertiary/aromatic N) is 2. The van der Waals surface area contributed by atoms with E-state index in [1.807, 2.05) is 6.92 Å². The van der Waals surface area contributed by atoms with Gasteiger partial charge in [-0.15, -0.1) is 0 Å². The number of carbonyl (C=O) groups excluding carboxylic acids is 1. The van der Waals surface area contributed by atoms with E-state index in [1.165, 1.54) is 16.8 Å². The number of benzene rings is 1. The highest BCUT2D eigenvalue weighted by Crippen LogP contribution is 2.23. The van der Waals surface area contributed by atoms with E-state index in [9.17, 15) is 4.79 Å². The Morgan fingerprint density at radius 3 is 2.65 bits per heavy atom. The first-order valence-corrected chi connectivity index (χ1v) is 8.42. The van der Waals surface area contributed by atoms with Crippen molar-refractivity contribution in [2.45, 2.75) is 39.3 Å². The van der Waals surface area contributed by atoms with Crippen molar-refractivity contribution >= 4 is 11.8 Å². The van der Waals surface area contributed by atoms with Gasteiger partial charge in [-0.2, -0.15) is 0 Å². The largest absolute Gasteiger partial charge is 0.450 e. The van der Waals surface area contributed by atoms with Crippen LogP contribution in [0.4, 0.5) is 10.5 Å². The normalized spacial score (nSPS) is 15.8. The molecule has 2 rings (SSSR count). The van der Waals surface area contributed by atoms with E-state index in [0.717, 1.165) is 32.5 Å². The van der Waals surface area contributed by atoms with Crippen LogP contribution in [0.3, 0.4) is 0 Å². The Labute approximate surface area is 139 Å². The number of aryl methyl sites for hydroxylation is 1. The van der Waals surface area contributed by atoms with E-state index < -0.39 is 0 Å². The lowest BCUT2D eigenvalue weighted by Gasteiger charge is -2.32. The van der Waals surface area contributed by atoms with Crippen molar-refractivity contribution in [2.75, 3.05) is 39.1 Å². The Hall–Kier alpha value is -1.75. The monoisotopic (exact) mass is 319 g/mol. The number of ether oxygens (including phenoxy) is 1. The minimum absolute atomic E-state index is 0.186. The quantitative estimate of drug-likeness (QED) is 0.906. The van der Waals surface area contributed by atoms with Gasteiger partial charge in [0.05, 0.1) is 6.61 Å². The third kappa shape index (κ3) is 5.13. The number of amides is 1. The number of rotatable bonds is 5. The molecule has 1 aromatic carbocycles. The summed E-state index contributed by atoms with van der Waals surface area (Å²) in [4.78, 5) is 15.7. The Kier molecular flexibility index (Phi) is 6.28.